The van der Waals surface area contributed by atoms with Crippen LogP contribution in [0.15, 0.2) is 18.3 Å². The van der Waals surface area contributed by atoms with Gasteiger partial charge in [-0.3, -0.25) is 4.68 Å². The maximum Gasteiger partial charge on any atom is 0.410 e. The highest BCUT2D eigenvalue weighted by molar-refractivity contribution is 5.68. The molecule has 3 atom stereocenters. The molecule has 1 N–H and O–H groups in total. The number of nitrogens with zero attached hydrogens (tertiary/aromatic N) is 5. The Hall–Kier alpha value is -2.64. The lowest BCUT2D eigenvalue weighted by Gasteiger charge is -2.25. The fraction of sp³-hybridized carbons (Fsp3) is 0.652. The molecule has 0 spiro atoms. The summed E-state index contributed by atoms with van der Waals surface area (Å²) in [6.07, 6.45) is 5.19. The zero-order valence-corrected chi connectivity index (χ0v) is 19.3. The minimum Gasteiger partial charge on any atom is -0.444 e. The number of ether oxygens (including phenoxy) is 1. The van der Waals surface area contributed by atoms with Crippen LogP contribution in [0.1, 0.15) is 45.6 Å². The molecule has 1 amide bonds. The van der Waals surface area contributed by atoms with Gasteiger partial charge in [-0.1, -0.05) is 0 Å². The molecule has 1 aliphatic carbocycles. The van der Waals surface area contributed by atoms with Crippen molar-refractivity contribution in [3.05, 3.63) is 23.9 Å². The van der Waals surface area contributed by atoms with Crippen molar-refractivity contribution in [1.29, 1.82) is 0 Å². The fourth-order valence-corrected chi connectivity index (χ4v) is 5.07. The lowest BCUT2D eigenvalue weighted by Crippen LogP contribution is -2.36. The van der Waals surface area contributed by atoms with Crippen LogP contribution in [0.25, 0.3) is 11.4 Å². The van der Waals surface area contributed by atoms with Gasteiger partial charge in [0, 0.05) is 26.7 Å². The van der Waals surface area contributed by atoms with E-state index in [1.54, 1.807) is 0 Å². The van der Waals surface area contributed by atoms with Crippen LogP contribution in [0.5, 0.6) is 0 Å². The first-order valence-electron chi connectivity index (χ1n) is 11.3. The molecule has 1 saturated carbocycles. The van der Waals surface area contributed by atoms with Crippen LogP contribution in [0, 0.1) is 24.7 Å². The van der Waals surface area contributed by atoms with E-state index in [9.17, 15) is 4.79 Å². The zero-order chi connectivity index (χ0) is 22.2. The summed E-state index contributed by atoms with van der Waals surface area (Å²) in [7, 11) is 1.91. The van der Waals surface area contributed by atoms with Crippen molar-refractivity contribution in [3.8, 4) is 11.4 Å². The van der Waals surface area contributed by atoms with Crippen LogP contribution in [0.2, 0.25) is 0 Å². The van der Waals surface area contributed by atoms with Crippen molar-refractivity contribution in [1.82, 2.24) is 24.9 Å². The van der Waals surface area contributed by atoms with Gasteiger partial charge in [-0.25, -0.2) is 4.79 Å². The number of carbonyl (C=O) groups is 1. The SMILES string of the molecule is Cc1cnn(C)c1-c1ccc(NCCC2CCC3CN(C(=O)OC(C)(C)C)CC23)nn1. The minimum absolute atomic E-state index is 0.169. The third-order valence-electron chi connectivity index (χ3n) is 6.51. The predicted octanol–water partition coefficient (Wildman–Crippen LogP) is 3.88. The van der Waals surface area contributed by atoms with Gasteiger partial charge in [0.25, 0.3) is 0 Å². The molecular formula is C23H34N6O2. The van der Waals surface area contributed by atoms with E-state index in [4.69, 9.17) is 4.74 Å². The second kappa shape index (κ2) is 8.48. The van der Waals surface area contributed by atoms with Gasteiger partial charge in [0.1, 0.15) is 17.1 Å². The number of amides is 1. The number of carbonyl (C=O) groups excluding carboxylic acids is 1. The quantitative estimate of drug-likeness (QED) is 0.781. The lowest BCUT2D eigenvalue weighted by molar-refractivity contribution is 0.0276. The number of likely N-dealkylation sites (tertiary alicyclic amines) is 1. The van der Waals surface area contributed by atoms with Crippen LogP contribution >= 0.6 is 0 Å². The molecule has 2 aliphatic rings. The largest absolute Gasteiger partial charge is 0.444 e. The molecule has 31 heavy (non-hydrogen) atoms. The lowest BCUT2D eigenvalue weighted by atomic mass is 9.90. The van der Waals surface area contributed by atoms with E-state index < -0.39 is 5.60 Å². The van der Waals surface area contributed by atoms with Gasteiger partial charge in [-0.2, -0.15) is 5.10 Å². The van der Waals surface area contributed by atoms with Crippen molar-refractivity contribution in [2.24, 2.45) is 24.8 Å². The number of aromatic nitrogens is 4. The molecule has 2 aromatic rings. The highest BCUT2D eigenvalue weighted by Gasteiger charge is 2.44. The number of rotatable bonds is 5. The third-order valence-corrected chi connectivity index (χ3v) is 6.51. The zero-order valence-electron chi connectivity index (χ0n) is 19.3. The molecule has 1 aliphatic heterocycles. The monoisotopic (exact) mass is 426 g/mol. The number of nitrogens with one attached hydrogen (secondary N) is 1. The summed E-state index contributed by atoms with van der Waals surface area (Å²) >= 11 is 0. The van der Waals surface area contributed by atoms with Crippen LogP contribution < -0.4 is 5.32 Å². The van der Waals surface area contributed by atoms with Crippen molar-refractivity contribution >= 4 is 11.9 Å². The summed E-state index contributed by atoms with van der Waals surface area (Å²) in [6.45, 7) is 10.3. The topological polar surface area (TPSA) is 85.2 Å². The molecule has 0 radical (unpaired) electrons. The molecule has 1 saturated heterocycles. The summed E-state index contributed by atoms with van der Waals surface area (Å²) in [6, 6.07) is 3.96. The smallest absolute Gasteiger partial charge is 0.410 e. The van der Waals surface area contributed by atoms with Crippen molar-refractivity contribution in [3.63, 3.8) is 0 Å². The van der Waals surface area contributed by atoms with E-state index in [0.29, 0.717) is 17.8 Å². The second-order valence-electron chi connectivity index (χ2n) is 9.97. The maximum absolute atomic E-state index is 12.4. The fourth-order valence-electron chi connectivity index (χ4n) is 5.07. The maximum atomic E-state index is 12.4. The molecule has 3 unspecified atom stereocenters. The number of aryl methyl sites for hydroxylation is 2. The Morgan fingerprint density at radius 1 is 1.23 bits per heavy atom. The van der Waals surface area contributed by atoms with Crippen molar-refractivity contribution in [2.45, 2.75) is 52.6 Å². The molecule has 4 rings (SSSR count). The molecule has 2 fully saturated rings. The van der Waals surface area contributed by atoms with Gasteiger partial charge in [0.15, 0.2) is 0 Å². The molecule has 0 bridgehead atoms. The highest BCUT2D eigenvalue weighted by atomic mass is 16.6. The Bertz CT molecular complexity index is 898. The molecule has 0 aromatic carbocycles. The Labute approximate surface area is 184 Å². The Kier molecular flexibility index (Phi) is 5.90. The van der Waals surface area contributed by atoms with Crippen LogP contribution in [-0.4, -0.2) is 56.2 Å². The number of hydrogen-bond acceptors (Lipinski definition) is 6. The highest BCUT2D eigenvalue weighted by Crippen LogP contribution is 2.44. The van der Waals surface area contributed by atoms with E-state index in [-0.39, 0.29) is 6.09 Å². The van der Waals surface area contributed by atoms with Crippen LogP contribution in [-0.2, 0) is 11.8 Å². The first-order valence-corrected chi connectivity index (χ1v) is 11.3. The normalized spacial score (nSPS) is 23.1. The van der Waals surface area contributed by atoms with Gasteiger partial charge < -0.3 is 15.0 Å². The average Bonchev–Trinajstić information content (AvgIpc) is 3.37. The van der Waals surface area contributed by atoms with Crippen LogP contribution in [0.3, 0.4) is 0 Å². The van der Waals surface area contributed by atoms with Gasteiger partial charge in [0.2, 0.25) is 0 Å². The van der Waals surface area contributed by atoms with Gasteiger partial charge in [-0.05, 0) is 82.4 Å². The van der Waals surface area contributed by atoms with Gasteiger partial charge in [0.05, 0.1) is 11.9 Å². The molecule has 3 heterocycles. The van der Waals surface area contributed by atoms with Gasteiger partial charge >= 0.3 is 6.09 Å². The van der Waals surface area contributed by atoms with E-state index in [1.165, 1.54) is 12.8 Å². The summed E-state index contributed by atoms with van der Waals surface area (Å²) in [5.74, 6) is 2.61. The van der Waals surface area contributed by atoms with E-state index in [2.05, 4.69) is 20.6 Å². The summed E-state index contributed by atoms with van der Waals surface area (Å²) in [5, 5.41) is 16.4. The first kappa shape index (κ1) is 21.6. The number of anilines is 1. The summed E-state index contributed by atoms with van der Waals surface area (Å²) in [5.41, 5.74) is 2.47. The predicted molar refractivity (Wildman–Crippen MR) is 120 cm³/mol. The summed E-state index contributed by atoms with van der Waals surface area (Å²) in [4.78, 5) is 14.3. The van der Waals surface area contributed by atoms with Crippen LogP contribution in [0.4, 0.5) is 10.6 Å². The Morgan fingerprint density at radius 3 is 2.68 bits per heavy atom. The molecule has 168 valence electrons. The van der Waals surface area contributed by atoms with E-state index in [1.807, 2.05) is 62.7 Å². The molecule has 2 aromatic heterocycles. The minimum atomic E-state index is -0.440. The van der Waals surface area contributed by atoms with E-state index >= 15 is 0 Å². The molecular weight excluding hydrogens is 392 g/mol. The van der Waals surface area contributed by atoms with E-state index in [0.717, 1.165) is 48.8 Å². The van der Waals surface area contributed by atoms with Crippen molar-refractivity contribution < 1.29 is 9.53 Å². The first-order chi connectivity index (χ1) is 14.7. The standard InChI is InChI=1S/C23H34N6O2/c1-15-12-25-28(5)21(15)19-8-9-20(27-26-19)24-11-10-16-6-7-17-13-29(14-18(16)17)22(30)31-23(2,3)4/h8-9,12,16-18H,6-7,10-11,13-14H2,1-5H3,(H,24,27). The summed E-state index contributed by atoms with van der Waals surface area (Å²) < 4.78 is 7.39. The molecule has 8 nitrogen and oxygen atoms in total. The number of hydrogen-bond donors (Lipinski definition) is 1. The van der Waals surface area contributed by atoms with Gasteiger partial charge in [-0.15, -0.1) is 10.2 Å². The average molecular weight is 427 g/mol. The Morgan fingerprint density at radius 2 is 2.03 bits per heavy atom. The Balaban J connectivity index is 1.27. The molecule has 8 heteroatoms. The number of fused-ring (bicyclic) bond motifs is 1. The second-order valence-corrected chi connectivity index (χ2v) is 9.97. The van der Waals surface area contributed by atoms with Crippen molar-refractivity contribution in [2.75, 3.05) is 25.0 Å². The third kappa shape index (κ3) is 4.83.